The molecule has 10 heteroatoms. The Bertz CT molecular complexity index is 1310. The van der Waals surface area contributed by atoms with Crippen LogP contribution >= 0.6 is 11.8 Å². The average molecular weight is 479 g/mol. The van der Waals surface area contributed by atoms with Gasteiger partial charge in [-0.3, -0.25) is 24.6 Å². The van der Waals surface area contributed by atoms with Crippen molar-refractivity contribution in [3.63, 3.8) is 0 Å². The molecule has 1 fully saturated rings. The molecule has 0 atom stereocenters. The number of aromatic nitrogens is 2. The van der Waals surface area contributed by atoms with Crippen molar-refractivity contribution in [2.45, 2.75) is 33.7 Å². The van der Waals surface area contributed by atoms with Crippen LogP contribution in [0.3, 0.4) is 0 Å². The highest BCUT2D eigenvalue weighted by atomic mass is 32.2. The van der Waals surface area contributed by atoms with E-state index < -0.39 is 4.92 Å². The van der Waals surface area contributed by atoms with Crippen LogP contribution in [-0.4, -0.2) is 36.6 Å². The van der Waals surface area contributed by atoms with Gasteiger partial charge in [0.2, 0.25) is 5.88 Å². The van der Waals surface area contributed by atoms with Crippen molar-refractivity contribution in [3.05, 3.63) is 80.6 Å². The van der Waals surface area contributed by atoms with Crippen molar-refractivity contribution >= 4 is 34.7 Å². The molecule has 0 spiro atoms. The normalized spacial score (nSPS) is 15.0. The Morgan fingerprint density at radius 3 is 2.38 bits per heavy atom. The fourth-order valence-electron chi connectivity index (χ4n) is 3.72. The third-order valence-electron chi connectivity index (χ3n) is 5.35. The first-order valence-electron chi connectivity index (χ1n) is 10.5. The third kappa shape index (κ3) is 4.44. The summed E-state index contributed by atoms with van der Waals surface area (Å²) in [6.07, 6.45) is 2.91. The standard InChI is InChI=1S/C24H22N4O5S/c1-14(2)26-23(29)21(34-24(26)30)12-17-11-15(3)27(16(17)4)18-5-8-20(9-6-18)33-22-10-7-19(13-25-22)28(31)32/h5-14H,1-4H3. The summed E-state index contributed by atoms with van der Waals surface area (Å²) in [5.74, 6) is 0.524. The number of pyridine rings is 1. The van der Waals surface area contributed by atoms with Gasteiger partial charge in [-0.05, 0) is 81.4 Å². The molecule has 1 saturated heterocycles. The summed E-state index contributed by atoms with van der Waals surface area (Å²) in [7, 11) is 0. The molecule has 0 aliphatic carbocycles. The van der Waals surface area contributed by atoms with Crippen molar-refractivity contribution in [3.8, 4) is 17.3 Å². The van der Waals surface area contributed by atoms with Crippen LogP contribution in [0.25, 0.3) is 11.8 Å². The highest BCUT2D eigenvalue weighted by Crippen LogP contribution is 2.35. The molecule has 2 amide bonds. The average Bonchev–Trinajstić information content (AvgIpc) is 3.23. The number of carbonyl (C=O) groups is 2. The Kier molecular flexibility index (Phi) is 6.25. The molecule has 0 bridgehead atoms. The van der Waals surface area contributed by atoms with E-state index in [1.807, 2.05) is 50.5 Å². The van der Waals surface area contributed by atoms with Crippen LogP contribution in [-0.2, 0) is 4.79 Å². The minimum absolute atomic E-state index is 0.106. The molecule has 2 aromatic heterocycles. The van der Waals surface area contributed by atoms with Gasteiger partial charge in [-0.15, -0.1) is 0 Å². The molecule has 1 aliphatic heterocycles. The van der Waals surface area contributed by atoms with E-state index in [0.29, 0.717) is 10.7 Å². The maximum atomic E-state index is 12.6. The van der Waals surface area contributed by atoms with Gasteiger partial charge in [-0.1, -0.05) is 0 Å². The molecule has 9 nitrogen and oxygen atoms in total. The van der Waals surface area contributed by atoms with E-state index in [1.54, 1.807) is 18.2 Å². The van der Waals surface area contributed by atoms with Gasteiger partial charge < -0.3 is 9.30 Å². The molecule has 0 radical (unpaired) electrons. The number of carbonyl (C=O) groups excluding carboxylic acids is 2. The van der Waals surface area contributed by atoms with Crippen LogP contribution in [0.1, 0.15) is 30.8 Å². The van der Waals surface area contributed by atoms with E-state index in [2.05, 4.69) is 4.98 Å². The van der Waals surface area contributed by atoms with Crippen LogP contribution in [0, 0.1) is 24.0 Å². The van der Waals surface area contributed by atoms with Crippen LogP contribution in [0.5, 0.6) is 11.6 Å². The molecular formula is C24H22N4O5S. The monoisotopic (exact) mass is 478 g/mol. The summed E-state index contributed by atoms with van der Waals surface area (Å²) in [5, 5.41) is 10.5. The molecule has 3 heterocycles. The lowest BCUT2D eigenvalue weighted by molar-refractivity contribution is -0.385. The number of aryl methyl sites for hydroxylation is 1. The summed E-state index contributed by atoms with van der Waals surface area (Å²) in [6.45, 7) is 7.55. The summed E-state index contributed by atoms with van der Waals surface area (Å²) >= 11 is 0.959. The van der Waals surface area contributed by atoms with Crippen LogP contribution in [0.4, 0.5) is 10.5 Å². The quantitative estimate of drug-likeness (QED) is 0.256. The largest absolute Gasteiger partial charge is 0.439 e. The van der Waals surface area contributed by atoms with Crippen LogP contribution < -0.4 is 4.74 Å². The Morgan fingerprint density at radius 1 is 1.12 bits per heavy atom. The van der Waals surface area contributed by atoms with Gasteiger partial charge in [0.05, 0.1) is 9.83 Å². The summed E-state index contributed by atoms with van der Waals surface area (Å²) in [4.78, 5) is 40.7. The zero-order chi connectivity index (χ0) is 24.6. The lowest BCUT2D eigenvalue weighted by atomic mass is 10.2. The lowest BCUT2D eigenvalue weighted by Crippen LogP contribution is -2.34. The first kappa shape index (κ1) is 23.2. The maximum absolute atomic E-state index is 12.6. The van der Waals surface area contributed by atoms with Gasteiger partial charge in [0.15, 0.2) is 0 Å². The lowest BCUT2D eigenvalue weighted by Gasteiger charge is -2.16. The number of nitro groups is 1. The minimum atomic E-state index is -0.517. The molecular weight excluding hydrogens is 456 g/mol. The molecule has 0 saturated carbocycles. The zero-order valence-electron chi connectivity index (χ0n) is 19.0. The summed E-state index contributed by atoms with van der Waals surface area (Å²) < 4.78 is 7.73. The molecule has 0 N–H and O–H groups in total. The number of thioether (sulfide) groups is 1. The Balaban J connectivity index is 1.56. The highest BCUT2D eigenvalue weighted by molar-refractivity contribution is 8.18. The van der Waals surface area contributed by atoms with Gasteiger partial charge >= 0.3 is 0 Å². The van der Waals surface area contributed by atoms with Crippen LogP contribution in [0.15, 0.2) is 53.6 Å². The van der Waals surface area contributed by atoms with Crippen LogP contribution in [0.2, 0.25) is 0 Å². The van der Waals surface area contributed by atoms with Gasteiger partial charge in [0, 0.05) is 35.2 Å². The number of nitrogens with zero attached hydrogens (tertiary/aromatic N) is 4. The number of amides is 2. The van der Waals surface area contributed by atoms with E-state index in [1.165, 1.54) is 17.0 Å². The van der Waals surface area contributed by atoms with Gasteiger partial charge in [-0.25, -0.2) is 4.98 Å². The van der Waals surface area contributed by atoms with E-state index in [4.69, 9.17) is 4.74 Å². The van der Waals surface area contributed by atoms with E-state index in [9.17, 15) is 19.7 Å². The SMILES string of the molecule is Cc1cc(C=C2SC(=O)N(C(C)C)C2=O)c(C)n1-c1ccc(Oc2ccc([N+](=O)[O-])cn2)cc1. The van der Waals surface area contributed by atoms with E-state index >= 15 is 0 Å². The Morgan fingerprint density at radius 2 is 1.82 bits per heavy atom. The number of imide groups is 1. The third-order valence-corrected chi connectivity index (χ3v) is 6.23. The second-order valence-electron chi connectivity index (χ2n) is 8.02. The predicted octanol–water partition coefficient (Wildman–Crippen LogP) is 5.63. The minimum Gasteiger partial charge on any atom is -0.439 e. The Labute approximate surface area is 200 Å². The van der Waals surface area contributed by atoms with Crippen molar-refractivity contribution < 1.29 is 19.2 Å². The van der Waals surface area contributed by atoms with Gasteiger partial charge in [-0.2, -0.15) is 0 Å². The van der Waals surface area contributed by atoms with Crippen molar-refractivity contribution in [1.29, 1.82) is 0 Å². The second kappa shape index (κ2) is 9.14. The first-order valence-corrected chi connectivity index (χ1v) is 11.3. The number of rotatable bonds is 6. The molecule has 3 aromatic rings. The topological polar surface area (TPSA) is 108 Å². The van der Waals surface area contributed by atoms with Gasteiger partial charge in [0.1, 0.15) is 11.9 Å². The fourth-order valence-corrected chi connectivity index (χ4v) is 4.67. The molecule has 4 rings (SSSR count). The second-order valence-corrected chi connectivity index (χ2v) is 9.01. The maximum Gasteiger partial charge on any atom is 0.293 e. The van der Waals surface area contributed by atoms with Crippen molar-refractivity contribution in [1.82, 2.24) is 14.5 Å². The zero-order valence-corrected chi connectivity index (χ0v) is 19.8. The summed E-state index contributed by atoms with van der Waals surface area (Å²) in [6, 6.07) is 11.9. The predicted molar refractivity (Wildman–Crippen MR) is 129 cm³/mol. The molecule has 0 unspecified atom stereocenters. The molecule has 174 valence electrons. The van der Waals surface area contributed by atoms with Crippen molar-refractivity contribution in [2.24, 2.45) is 0 Å². The van der Waals surface area contributed by atoms with E-state index in [0.717, 1.165) is 40.6 Å². The molecule has 1 aromatic carbocycles. The number of ether oxygens (including phenoxy) is 1. The molecule has 1 aliphatic rings. The van der Waals surface area contributed by atoms with E-state index in [-0.39, 0.29) is 28.8 Å². The fraction of sp³-hybridized carbons (Fsp3) is 0.208. The number of benzene rings is 1. The summed E-state index contributed by atoms with van der Waals surface area (Å²) in [5.41, 5.74) is 3.55. The smallest absolute Gasteiger partial charge is 0.293 e. The first-order chi connectivity index (χ1) is 16.2. The molecule has 34 heavy (non-hydrogen) atoms. The Hall–Kier alpha value is -3.92. The highest BCUT2D eigenvalue weighted by Gasteiger charge is 2.36. The number of hydrogen-bond acceptors (Lipinski definition) is 7. The van der Waals surface area contributed by atoms with Gasteiger partial charge in [0.25, 0.3) is 16.8 Å². The number of hydrogen-bond donors (Lipinski definition) is 0. The van der Waals surface area contributed by atoms with Crippen molar-refractivity contribution in [2.75, 3.05) is 0 Å².